The highest BCUT2D eigenvalue weighted by Crippen LogP contribution is 2.35. The van der Waals surface area contributed by atoms with Gasteiger partial charge in [0.2, 0.25) is 0 Å². The lowest BCUT2D eigenvalue weighted by molar-refractivity contribution is -0.140. The zero-order valence-corrected chi connectivity index (χ0v) is 12.5. The summed E-state index contributed by atoms with van der Waals surface area (Å²) in [6.45, 7) is 3.29. The Morgan fingerprint density at radius 3 is 2.87 bits per heavy atom. The molecule has 1 aliphatic heterocycles. The number of hydrogen-bond donors (Lipinski definition) is 0. The van der Waals surface area contributed by atoms with Gasteiger partial charge < -0.3 is 4.74 Å². The van der Waals surface area contributed by atoms with E-state index >= 15 is 0 Å². The van der Waals surface area contributed by atoms with Gasteiger partial charge in [-0.25, -0.2) is 0 Å². The molecule has 0 radical (unpaired) electrons. The van der Waals surface area contributed by atoms with E-state index in [1.165, 1.54) is 25.1 Å². The molecule has 2 rings (SSSR count). The van der Waals surface area contributed by atoms with Crippen LogP contribution in [-0.4, -0.2) is 47.3 Å². The van der Waals surface area contributed by atoms with Crippen molar-refractivity contribution in [1.82, 2.24) is 14.9 Å². The average molecular weight is 328 g/mol. The maximum absolute atomic E-state index is 12.5. The number of allylic oxidation sites excluding steroid dienone is 1. The van der Waals surface area contributed by atoms with E-state index in [-0.39, 0.29) is 5.70 Å². The first kappa shape index (κ1) is 16.9. The number of amides is 1. The van der Waals surface area contributed by atoms with Crippen molar-refractivity contribution in [2.75, 3.05) is 13.7 Å². The standard InChI is InChI=1S/C14H15F3N4O2/c1-9(7-20(18-2)8-14(15,16)17)21-12(22)10-5-4-6-19-11(10)13(21)23-3/h4-7,13H,2,8H2,1,3H3/b9-7+. The molecule has 0 N–H and O–H groups in total. The maximum atomic E-state index is 12.5. The van der Waals surface area contributed by atoms with Gasteiger partial charge in [-0.15, -0.1) is 0 Å². The molecule has 124 valence electrons. The number of carbonyl (C=O) groups excluding carboxylic acids is 1. The van der Waals surface area contributed by atoms with E-state index in [0.717, 1.165) is 6.20 Å². The summed E-state index contributed by atoms with van der Waals surface area (Å²) >= 11 is 0. The second kappa shape index (κ2) is 6.37. The molecule has 0 saturated heterocycles. The third kappa shape index (κ3) is 3.50. The molecule has 1 atom stereocenters. The molecular formula is C14H15F3N4O2. The quantitative estimate of drug-likeness (QED) is 0.616. The maximum Gasteiger partial charge on any atom is 0.408 e. The van der Waals surface area contributed by atoms with E-state index < -0.39 is 24.9 Å². The van der Waals surface area contributed by atoms with Crippen LogP contribution in [0.5, 0.6) is 0 Å². The zero-order chi connectivity index (χ0) is 17.2. The number of hydrogen-bond acceptors (Lipinski definition) is 5. The molecule has 23 heavy (non-hydrogen) atoms. The number of nitrogens with zero attached hydrogens (tertiary/aromatic N) is 4. The fourth-order valence-electron chi connectivity index (χ4n) is 2.31. The summed E-state index contributed by atoms with van der Waals surface area (Å²) in [4.78, 5) is 17.8. The Morgan fingerprint density at radius 1 is 1.61 bits per heavy atom. The highest BCUT2D eigenvalue weighted by atomic mass is 19.4. The molecule has 0 fully saturated rings. The minimum atomic E-state index is -4.45. The van der Waals surface area contributed by atoms with Crippen LogP contribution in [0, 0.1) is 0 Å². The highest BCUT2D eigenvalue weighted by molar-refractivity contribution is 5.99. The summed E-state index contributed by atoms with van der Waals surface area (Å²) in [6, 6.07) is 3.19. The Hall–Kier alpha value is -2.42. The first-order valence-corrected chi connectivity index (χ1v) is 6.58. The summed E-state index contributed by atoms with van der Waals surface area (Å²) in [5.74, 6) is -0.398. The van der Waals surface area contributed by atoms with Crippen LogP contribution in [0.4, 0.5) is 13.2 Å². The fourth-order valence-corrected chi connectivity index (χ4v) is 2.31. The second-order valence-electron chi connectivity index (χ2n) is 4.82. The first-order chi connectivity index (χ1) is 10.8. The molecule has 1 amide bonds. The molecule has 2 heterocycles. The molecule has 0 bridgehead atoms. The van der Waals surface area contributed by atoms with Crippen LogP contribution >= 0.6 is 0 Å². The van der Waals surface area contributed by atoms with Gasteiger partial charge in [0.05, 0.1) is 5.56 Å². The molecule has 1 aliphatic rings. The van der Waals surface area contributed by atoms with Gasteiger partial charge >= 0.3 is 6.18 Å². The number of ether oxygens (including phenoxy) is 1. The van der Waals surface area contributed by atoms with Gasteiger partial charge in [0.1, 0.15) is 12.2 Å². The minimum absolute atomic E-state index is 0.233. The summed E-state index contributed by atoms with van der Waals surface area (Å²) < 4.78 is 42.7. The molecule has 9 heteroatoms. The van der Waals surface area contributed by atoms with Crippen LogP contribution in [0.15, 0.2) is 35.3 Å². The number of hydrazone groups is 1. The van der Waals surface area contributed by atoms with Crippen molar-refractivity contribution in [3.8, 4) is 0 Å². The van der Waals surface area contributed by atoms with Crippen LogP contribution < -0.4 is 0 Å². The van der Waals surface area contributed by atoms with Crippen molar-refractivity contribution < 1.29 is 22.7 Å². The Bertz CT molecular complexity index is 645. The van der Waals surface area contributed by atoms with E-state index in [9.17, 15) is 18.0 Å². The molecule has 1 unspecified atom stereocenters. The number of rotatable bonds is 5. The number of alkyl halides is 3. The molecule has 0 aliphatic carbocycles. The predicted octanol–water partition coefficient (Wildman–Crippen LogP) is 2.52. The molecule has 0 spiro atoms. The van der Waals surface area contributed by atoms with E-state index in [0.29, 0.717) is 16.3 Å². The normalized spacial score (nSPS) is 18.1. The zero-order valence-electron chi connectivity index (χ0n) is 12.5. The monoisotopic (exact) mass is 328 g/mol. The second-order valence-corrected chi connectivity index (χ2v) is 4.82. The number of carbonyl (C=O) groups is 1. The lowest BCUT2D eigenvalue weighted by Gasteiger charge is -2.25. The summed E-state index contributed by atoms with van der Waals surface area (Å²) in [5, 5.41) is 3.92. The highest BCUT2D eigenvalue weighted by Gasteiger charge is 2.39. The van der Waals surface area contributed by atoms with Crippen molar-refractivity contribution in [1.29, 1.82) is 0 Å². The SMILES string of the molecule is C=NN(/C=C(\C)N1C(=O)c2cccnc2C1OC)CC(F)(F)F. The molecule has 1 aromatic heterocycles. The van der Waals surface area contributed by atoms with Crippen molar-refractivity contribution in [3.63, 3.8) is 0 Å². The largest absolute Gasteiger partial charge is 0.408 e. The molecule has 1 aromatic rings. The number of pyridine rings is 1. The summed E-state index contributed by atoms with van der Waals surface area (Å²) in [6.07, 6.45) is -2.64. The lowest BCUT2D eigenvalue weighted by atomic mass is 10.2. The molecular weight excluding hydrogens is 313 g/mol. The van der Waals surface area contributed by atoms with Crippen molar-refractivity contribution >= 4 is 12.6 Å². The number of halogens is 3. The Labute approximate surface area is 130 Å². The van der Waals surface area contributed by atoms with Gasteiger partial charge in [0, 0.05) is 31.9 Å². The number of aromatic nitrogens is 1. The first-order valence-electron chi connectivity index (χ1n) is 6.58. The molecule has 0 aromatic carbocycles. The number of methoxy groups -OCH3 is 1. The number of fused-ring (bicyclic) bond motifs is 1. The van der Waals surface area contributed by atoms with Crippen LogP contribution in [0.3, 0.4) is 0 Å². The van der Waals surface area contributed by atoms with Gasteiger partial charge in [-0.2, -0.15) is 18.3 Å². The summed E-state index contributed by atoms with van der Waals surface area (Å²) in [5.41, 5.74) is 0.999. The molecule has 0 saturated carbocycles. The van der Waals surface area contributed by atoms with Gasteiger partial charge in [-0.05, 0) is 19.1 Å². The van der Waals surface area contributed by atoms with Gasteiger partial charge in [0.25, 0.3) is 5.91 Å². The van der Waals surface area contributed by atoms with E-state index in [4.69, 9.17) is 4.74 Å². The van der Waals surface area contributed by atoms with Crippen molar-refractivity contribution in [3.05, 3.63) is 41.5 Å². The Kier molecular flexibility index (Phi) is 4.69. The topological polar surface area (TPSA) is 58.0 Å². The van der Waals surface area contributed by atoms with Gasteiger partial charge in [-0.3, -0.25) is 19.7 Å². The lowest BCUT2D eigenvalue weighted by Crippen LogP contribution is -2.31. The van der Waals surface area contributed by atoms with Crippen LogP contribution in [0.1, 0.15) is 29.2 Å². The fraction of sp³-hybridized carbons (Fsp3) is 0.357. The van der Waals surface area contributed by atoms with Crippen LogP contribution in [0.2, 0.25) is 0 Å². The van der Waals surface area contributed by atoms with E-state index in [1.54, 1.807) is 12.1 Å². The smallest absolute Gasteiger partial charge is 0.355 e. The van der Waals surface area contributed by atoms with Crippen LogP contribution in [-0.2, 0) is 4.74 Å². The minimum Gasteiger partial charge on any atom is -0.355 e. The predicted molar refractivity (Wildman–Crippen MR) is 76.2 cm³/mol. The van der Waals surface area contributed by atoms with Crippen molar-refractivity contribution in [2.45, 2.75) is 19.3 Å². The van der Waals surface area contributed by atoms with Crippen molar-refractivity contribution in [2.24, 2.45) is 5.10 Å². The van der Waals surface area contributed by atoms with Gasteiger partial charge in [-0.1, -0.05) is 0 Å². The Balaban J connectivity index is 2.31. The third-order valence-electron chi connectivity index (χ3n) is 3.22. The average Bonchev–Trinajstić information content (AvgIpc) is 2.78. The molecule has 6 nitrogen and oxygen atoms in total. The third-order valence-corrected chi connectivity index (χ3v) is 3.22. The Morgan fingerprint density at radius 2 is 2.30 bits per heavy atom. The van der Waals surface area contributed by atoms with E-state index in [1.807, 2.05) is 0 Å². The van der Waals surface area contributed by atoms with Gasteiger partial charge in [0.15, 0.2) is 6.23 Å². The van der Waals surface area contributed by atoms with Crippen LogP contribution in [0.25, 0.3) is 0 Å². The van der Waals surface area contributed by atoms with E-state index in [2.05, 4.69) is 16.8 Å². The summed E-state index contributed by atoms with van der Waals surface area (Å²) in [7, 11) is 1.39.